The van der Waals surface area contributed by atoms with Gasteiger partial charge in [0, 0.05) is 11.6 Å². The summed E-state index contributed by atoms with van der Waals surface area (Å²) in [7, 11) is -4.06. The molecule has 0 saturated carbocycles. The molecule has 0 unspecified atom stereocenters. The summed E-state index contributed by atoms with van der Waals surface area (Å²) in [6.07, 6.45) is 0.00661. The number of nitrogens with zero attached hydrogens (tertiary/aromatic N) is 1. The Kier molecular flexibility index (Phi) is 7.91. The minimum atomic E-state index is -4.06. The van der Waals surface area contributed by atoms with Gasteiger partial charge in [0.2, 0.25) is 0 Å². The summed E-state index contributed by atoms with van der Waals surface area (Å²) in [4.78, 5) is -0.0835. The number of nitrogen functional groups attached to an aromatic ring is 1. The van der Waals surface area contributed by atoms with Crippen LogP contribution in [-0.4, -0.2) is 20.4 Å². The fourth-order valence-electron chi connectivity index (χ4n) is 1.80. The molecule has 0 aromatic heterocycles. The molecule has 8 heteroatoms. The molecular weight excluding hydrogens is 355 g/mol. The zero-order valence-electron chi connectivity index (χ0n) is 13.8. The number of sulfonamides is 1. The summed E-state index contributed by atoms with van der Waals surface area (Å²) in [6, 6.07) is 11.6. The average molecular weight is 372 g/mol. The Labute approximate surface area is 184 Å². The zero-order valence-corrected chi connectivity index (χ0v) is 17.7. The van der Waals surface area contributed by atoms with E-state index in [1.807, 2.05) is 13.8 Å². The first-order valence-electron chi connectivity index (χ1n) is 6.92. The number of ether oxygens (including phenoxy) is 1. The summed E-state index contributed by atoms with van der Waals surface area (Å²) in [5, 5.41) is 12.0. The second kappa shape index (κ2) is 8.98. The Morgan fingerprint density at radius 1 is 1.08 bits per heavy atom. The predicted molar refractivity (Wildman–Crippen MR) is 86.8 cm³/mol. The van der Waals surface area contributed by atoms with Crippen molar-refractivity contribution in [2.24, 2.45) is 4.40 Å². The van der Waals surface area contributed by atoms with Crippen LogP contribution in [0.1, 0.15) is 19.4 Å². The quantitative estimate of drug-likeness (QED) is 0.299. The maximum atomic E-state index is 12.1. The Morgan fingerprint density at radius 3 is 2.12 bits per heavy atom. The normalized spacial score (nSPS) is 11.9. The monoisotopic (exact) mass is 372 g/mol. The van der Waals surface area contributed by atoms with E-state index in [0.29, 0.717) is 11.4 Å². The first-order valence-corrected chi connectivity index (χ1v) is 8.36. The van der Waals surface area contributed by atoms with Crippen molar-refractivity contribution in [3.8, 4) is 5.75 Å². The van der Waals surface area contributed by atoms with E-state index in [2.05, 4.69) is 4.40 Å². The van der Waals surface area contributed by atoms with Gasteiger partial charge in [0.25, 0.3) is 10.0 Å². The van der Waals surface area contributed by atoms with E-state index < -0.39 is 15.9 Å². The van der Waals surface area contributed by atoms with E-state index in [-0.39, 0.29) is 67.9 Å². The van der Waals surface area contributed by atoms with Crippen molar-refractivity contribution in [3.63, 3.8) is 0 Å². The van der Waals surface area contributed by atoms with Gasteiger partial charge in [-0.2, -0.15) is 12.8 Å². The third-order valence-electron chi connectivity index (χ3n) is 2.85. The van der Waals surface area contributed by atoms with Crippen LogP contribution in [0.15, 0.2) is 57.8 Å². The van der Waals surface area contributed by atoms with E-state index in [4.69, 9.17) is 10.5 Å². The standard InChI is InChI=1S/C16H18N2O4S.K/c1-11(2)22-14-7-3-12(4-8-14)16(19)18-23(20,21)15-9-5-13(17)6-10-15;/h3-11H,17H2,1-2H3,(H,18,19);/q;+1/p-1. The number of hydrogen-bond donors (Lipinski definition) is 1. The predicted octanol–water partition coefficient (Wildman–Crippen LogP) is -1.44. The Balaban J connectivity index is 0.00000288. The molecule has 2 aromatic rings. The van der Waals surface area contributed by atoms with Crippen LogP contribution in [0.5, 0.6) is 5.75 Å². The van der Waals surface area contributed by atoms with Crippen molar-refractivity contribution >= 4 is 21.6 Å². The fraction of sp³-hybridized carbons (Fsp3) is 0.188. The summed E-state index contributed by atoms with van der Waals surface area (Å²) < 4.78 is 33.0. The third-order valence-corrected chi connectivity index (χ3v) is 4.13. The van der Waals surface area contributed by atoms with E-state index in [0.717, 1.165) is 0 Å². The molecule has 0 aliphatic carbocycles. The summed E-state index contributed by atoms with van der Waals surface area (Å²) in [6.45, 7) is 3.77. The Hall–Kier alpha value is -0.904. The van der Waals surface area contributed by atoms with Crippen LogP contribution >= 0.6 is 0 Å². The van der Waals surface area contributed by atoms with Gasteiger partial charge in [0.15, 0.2) is 0 Å². The maximum absolute atomic E-state index is 12.1. The molecule has 2 N–H and O–H groups in total. The fourth-order valence-corrected chi connectivity index (χ4v) is 2.71. The molecule has 0 saturated heterocycles. The van der Waals surface area contributed by atoms with E-state index >= 15 is 0 Å². The maximum Gasteiger partial charge on any atom is 1.00 e. The van der Waals surface area contributed by atoms with Gasteiger partial charge in [0.1, 0.15) is 5.75 Å². The second-order valence-electron chi connectivity index (χ2n) is 5.13. The third kappa shape index (κ3) is 5.87. The van der Waals surface area contributed by atoms with Crippen LogP contribution < -0.4 is 67.0 Å². The van der Waals surface area contributed by atoms with Crippen LogP contribution in [0.25, 0.3) is 0 Å². The molecule has 122 valence electrons. The van der Waals surface area contributed by atoms with Crippen molar-refractivity contribution in [2.75, 3.05) is 5.73 Å². The molecule has 0 spiro atoms. The van der Waals surface area contributed by atoms with E-state index in [1.54, 1.807) is 12.1 Å². The minimum Gasteiger partial charge on any atom is -0.858 e. The number of hydrogen-bond acceptors (Lipinski definition) is 5. The van der Waals surface area contributed by atoms with Gasteiger partial charge in [-0.1, -0.05) is 12.1 Å². The molecule has 0 heterocycles. The van der Waals surface area contributed by atoms with Crippen molar-refractivity contribution in [1.29, 1.82) is 0 Å². The van der Waals surface area contributed by atoms with Crippen LogP contribution in [0.4, 0.5) is 5.69 Å². The van der Waals surface area contributed by atoms with Gasteiger partial charge >= 0.3 is 51.4 Å². The van der Waals surface area contributed by atoms with Crippen LogP contribution in [-0.2, 0) is 10.0 Å². The molecule has 6 nitrogen and oxygen atoms in total. The topological polar surface area (TPSA) is 105 Å². The van der Waals surface area contributed by atoms with Gasteiger partial charge in [-0.3, -0.25) is 0 Å². The van der Waals surface area contributed by atoms with Crippen molar-refractivity contribution in [1.82, 2.24) is 0 Å². The first kappa shape index (κ1) is 21.1. The van der Waals surface area contributed by atoms with Gasteiger partial charge in [-0.25, -0.2) is 0 Å². The summed E-state index contributed by atoms with van der Waals surface area (Å²) >= 11 is 0. The minimum absolute atomic E-state index is 0. The number of anilines is 1. The molecule has 0 aliphatic heterocycles. The summed E-state index contributed by atoms with van der Waals surface area (Å²) in [5.41, 5.74) is 6.10. The molecule has 0 aliphatic rings. The van der Waals surface area contributed by atoms with Gasteiger partial charge in [0.05, 0.1) is 11.0 Å². The average Bonchev–Trinajstić information content (AvgIpc) is 2.47. The van der Waals surface area contributed by atoms with Crippen LogP contribution in [0.3, 0.4) is 0 Å². The number of rotatable bonds is 5. The first-order chi connectivity index (χ1) is 10.8. The smallest absolute Gasteiger partial charge is 0.858 e. The molecule has 0 atom stereocenters. The van der Waals surface area contributed by atoms with Crippen molar-refractivity contribution < 1.29 is 69.6 Å². The molecule has 0 fully saturated rings. The largest absolute Gasteiger partial charge is 1.00 e. The van der Waals surface area contributed by atoms with Crippen LogP contribution in [0.2, 0.25) is 0 Å². The molecule has 2 rings (SSSR count). The molecule has 2 aromatic carbocycles. The molecule has 0 bridgehead atoms. The summed E-state index contributed by atoms with van der Waals surface area (Å²) in [5.74, 6) is -0.240. The number of nitrogens with two attached hydrogens (primary N) is 1. The van der Waals surface area contributed by atoms with Crippen molar-refractivity contribution in [3.05, 3.63) is 54.1 Å². The Morgan fingerprint density at radius 2 is 1.62 bits per heavy atom. The molecule has 24 heavy (non-hydrogen) atoms. The zero-order chi connectivity index (χ0) is 17.0. The van der Waals surface area contributed by atoms with E-state index in [9.17, 15) is 13.5 Å². The molecular formula is C16H17KN2O4S. The van der Waals surface area contributed by atoms with Gasteiger partial charge < -0.3 is 15.6 Å². The van der Waals surface area contributed by atoms with E-state index in [1.165, 1.54) is 36.4 Å². The SMILES string of the molecule is CC(C)Oc1ccc(C([O-])=NS(=O)(=O)c2ccc(N)cc2)cc1.[K+]. The number of benzene rings is 2. The molecule has 0 radical (unpaired) electrons. The second-order valence-corrected chi connectivity index (χ2v) is 6.74. The van der Waals surface area contributed by atoms with Gasteiger partial charge in [-0.05, 0) is 55.8 Å². The van der Waals surface area contributed by atoms with Gasteiger partial charge in [-0.15, -0.1) is 0 Å². The van der Waals surface area contributed by atoms with Crippen LogP contribution in [0, 0.1) is 0 Å². The van der Waals surface area contributed by atoms with Crippen molar-refractivity contribution in [2.45, 2.75) is 24.8 Å². The Bertz CT molecular complexity index is 801. The molecule has 0 amide bonds.